The second-order valence-corrected chi connectivity index (χ2v) is 5.68. The highest BCUT2D eigenvalue weighted by molar-refractivity contribution is 6.04. The van der Waals surface area contributed by atoms with Crippen molar-refractivity contribution >= 4 is 17.5 Å². The van der Waals surface area contributed by atoms with Crippen LogP contribution in [0.5, 0.6) is 0 Å². The lowest BCUT2D eigenvalue weighted by Gasteiger charge is -2.07. The summed E-state index contributed by atoms with van der Waals surface area (Å²) in [4.78, 5) is 28.4. The van der Waals surface area contributed by atoms with Crippen molar-refractivity contribution in [2.75, 3.05) is 5.32 Å². The molecule has 23 heavy (non-hydrogen) atoms. The number of hydrogen-bond acceptors (Lipinski definition) is 3. The molecule has 1 saturated carbocycles. The number of aryl methyl sites for hydroxylation is 1. The Morgan fingerprint density at radius 2 is 1.87 bits per heavy atom. The number of hydrogen-bond donors (Lipinski definition) is 2. The van der Waals surface area contributed by atoms with E-state index in [4.69, 9.17) is 0 Å². The van der Waals surface area contributed by atoms with Crippen molar-refractivity contribution in [3.05, 3.63) is 59.4 Å². The summed E-state index contributed by atoms with van der Waals surface area (Å²) in [6.45, 7) is 2.08. The van der Waals surface area contributed by atoms with Crippen molar-refractivity contribution in [3.8, 4) is 0 Å². The zero-order valence-corrected chi connectivity index (χ0v) is 13.0. The zero-order chi connectivity index (χ0) is 16.2. The fourth-order valence-corrected chi connectivity index (χ4v) is 2.21. The number of aromatic nitrogens is 1. The van der Waals surface area contributed by atoms with Gasteiger partial charge in [0.25, 0.3) is 11.8 Å². The van der Waals surface area contributed by atoms with Gasteiger partial charge < -0.3 is 10.6 Å². The third-order valence-electron chi connectivity index (χ3n) is 3.79. The molecule has 0 aliphatic heterocycles. The summed E-state index contributed by atoms with van der Waals surface area (Å²) in [5.74, 6) is -0.480. The van der Waals surface area contributed by atoms with Crippen molar-refractivity contribution in [1.29, 1.82) is 0 Å². The number of anilines is 1. The van der Waals surface area contributed by atoms with E-state index in [2.05, 4.69) is 22.5 Å². The van der Waals surface area contributed by atoms with Gasteiger partial charge >= 0.3 is 0 Å². The number of amides is 2. The minimum Gasteiger partial charge on any atom is -0.349 e. The van der Waals surface area contributed by atoms with Crippen LogP contribution in [0.1, 0.15) is 46.2 Å². The summed E-state index contributed by atoms with van der Waals surface area (Å²) >= 11 is 0. The number of carbonyl (C=O) groups is 2. The maximum Gasteiger partial charge on any atom is 0.274 e. The van der Waals surface area contributed by atoms with Crippen molar-refractivity contribution in [3.63, 3.8) is 0 Å². The number of carbonyl (C=O) groups excluding carboxylic acids is 2. The molecule has 0 spiro atoms. The van der Waals surface area contributed by atoms with Crippen LogP contribution in [0.25, 0.3) is 0 Å². The van der Waals surface area contributed by atoms with Crippen molar-refractivity contribution in [1.82, 2.24) is 10.3 Å². The van der Waals surface area contributed by atoms with Gasteiger partial charge in [-0.15, -0.1) is 0 Å². The minimum atomic E-state index is -0.324. The Balaban J connectivity index is 1.69. The molecule has 2 N–H and O–H groups in total. The molecule has 1 aliphatic carbocycles. The van der Waals surface area contributed by atoms with Gasteiger partial charge in [-0.05, 0) is 49.1 Å². The first kappa shape index (κ1) is 15.2. The summed E-state index contributed by atoms with van der Waals surface area (Å²) in [6, 6.07) is 11.1. The summed E-state index contributed by atoms with van der Waals surface area (Å²) in [7, 11) is 0. The molecule has 0 saturated heterocycles. The smallest absolute Gasteiger partial charge is 0.274 e. The van der Waals surface area contributed by atoms with E-state index in [0.29, 0.717) is 11.3 Å². The quantitative estimate of drug-likeness (QED) is 0.892. The Morgan fingerprint density at radius 3 is 2.52 bits per heavy atom. The Bertz CT molecular complexity index is 721. The predicted molar refractivity (Wildman–Crippen MR) is 88.5 cm³/mol. The number of nitrogens with zero attached hydrogens (tertiary/aromatic N) is 1. The van der Waals surface area contributed by atoms with Crippen molar-refractivity contribution < 1.29 is 9.59 Å². The third-order valence-corrected chi connectivity index (χ3v) is 3.79. The van der Waals surface area contributed by atoms with Gasteiger partial charge in [0, 0.05) is 23.5 Å². The van der Waals surface area contributed by atoms with Crippen LogP contribution in [0.15, 0.2) is 42.6 Å². The van der Waals surface area contributed by atoms with Crippen LogP contribution in [0.2, 0.25) is 0 Å². The van der Waals surface area contributed by atoms with Crippen LogP contribution in [-0.4, -0.2) is 22.8 Å². The molecule has 1 aliphatic rings. The topological polar surface area (TPSA) is 71.1 Å². The van der Waals surface area contributed by atoms with Crippen LogP contribution in [0.3, 0.4) is 0 Å². The number of benzene rings is 1. The van der Waals surface area contributed by atoms with Gasteiger partial charge in [0.15, 0.2) is 0 Å². The Morgan fingerprint density at radius 1 is 1.13 bits per heavy atom. The SMILES string of the molecule is CCc1ccc(NC(=O)c2cc(C(=O)NC3CC3)ccn2)cc1. The predicted octanol–water partition coefficient (Wildman–Crippen LogP) is 2.79. The molecule has 118 valence electrons. The molecule has 1 heterocycles. The first-order valence-corrected chi connectivity index (χ1v) is 7.83. The molecule has 5 nitrogen and oxygen atoms in total. The molecule has 3 rings (SSSR count). The standard InChI is InChI=1S/C18H19N3O2/c1-2-12-3-5-14(6-4-12)21-18(23)16-11-13(9-10-19-16)17(22)20-15-7-8-15/h3-6,9-11,15H,2,7-8H2,1H3,(H,20,22)(H,21,23). The zero-order valence-electron chi connectivity index (χ0n) is 13.0. The fourth-order valence-electron chi connectivity index (χ4n) is 2.21. The van der Waals surface area contributed by atoms with Crippen LogP contribution >= 0.6 is 0 Å². The highest BCUT2D eigenvalue weighted by Gasteiger charge is 2.24. The molecule has 2 amide bonds. The molecule has 0 unspecified atom stereocenters. The normalized spacial score (nSPS) is 13.4. The van der Waals surface area contributed by atoms with E-state index >= 15 is 0 Å². The largest absolute Gasteiger partial charge is 0.349 e. The molecule has 1 aromatic heterocycles. The molecule has 0 bridgehead atoms. The van der Waals surface area contributed by atoms with E-state index in [1.54, 1.807) is 6.07 Å². The van der Waals surface area contributed by atoms with Gasteiger partial charge in [0.1, 0.15) is 5.69 Å². The molecule has 5 heteroatoms. The van der Waals surface area contributed by atoms with Gasteiger partial charge in [-0.25, -0.2) is 0 Å². The highest BCUT2D eigenvalue weighted by Crippen LogP contribution is 2.19. The summed E-state index contributed by atoms with van der Waals surface area (Å²) < 4.78 is 0. The monoisotopic (exact) mass is 309 g/mol. The minimum absolute atomic E-state index is 0.156. The summed E-state index contributed by atoms with van der Waals surface area (Å²) in [5.41, 5.74) is 2.60. The summed E-state index contributed by atoms with van der Waals surface area (Å²) in [5, 5.41) is 5.70. The molecular weight excluding hydrogens is 290 g/mol. The van der Waals surface area contributed by atoms with E-state index in [0.717, 1.165) is 19.3 Å². The molecule has 1 fully saturated rings. The van der Waals surface area contributed by atoms with Gasteiger partial charge in [-0.1, -0.05) is 19.1 Å². The summed E-state index contributed by atoms with van der Waals surface area (Å²) in [6.07, 6.45) is 4.49. The van der Waals surface area contributed by atoms with Gasteiger partial charge in [0.05, 0.1) is 0 Å². The average Bonchev–Trinajstić information content (AvgIpc) is 3.39. The lowest BCUT2D eigenvalue weighted by molar-refractivity contribution is 0.0951. The van der Waals surface area contributed by atoms with E-state index in [9.17, 15) is 9.59 Å². The average molecular weight is 309 g/mol. The Labute approximate surface area is 135 Å². The second kappa shape index (κ2) is 6.60. The number of nitrogens with one attached hydrogen (secondary N) is 2. The molecule has 0 radical (unpaired) electrons. The molecule has 2 aromatic rings. The first-order chi connectivity index (χ1) is 11.2. The Kier molecular flexibility index (Phi) is 4.37. The number of pyridine rings is 1. The second-order valence-electron chi connectivity index (χ2n) is 5.68. The van der Waals surface area contributed by atoms with Gasteiger partial charge in [-0.3, -0.25) is 14.6 Å². The maximum absolute atomic E-state index is 12.3. The van der Waals surface area contributed by atoms with E-state index < -0.39 is 0 Å². The van der Waals surface area contributed by atoms with Crippen molar-refractivity contribution in [2.24, 2.45) is 0 Å². The van der Waals surface area contributed by atoms with Crippen molar-refractivity contribution in [2.45, 2.75) is 32.2 Å². The lowest BCUT2D eigenvalue weighted by atomic mass is 10.1. The maximum atomic E-state index is 12.3. The van der Waals surface area contributed by atoms with Crippen LogP contribution < -0.4 is 10.6 Å². The Hall–Kier alpha value is -2.69. The van der Waals surface area contributed by atoms with Gasteiger partial charge in [-0.2, -0.15) is 0 Å². The molecule has 1 aromatic carbocycles. The molecular formula is C18H19N3O2. The molecule has 0 atom stereocenters. The first-order valence-electron chi connectivity index (χ1n) is 7.83. The highest BCUT2D eigenvalue weighted by atomic mass is 16.2. The van der Waals surface area contributed by atoms with Crippen LogP contribution in [0, 0.1) is 0 Å². The van der Waals surface area contributed by atoms with E-state index in [1.165, 1.54) is 17.8 Å². The van der Waals surface area contributed by atoms with Crippen LogP contribution in [0.4, 0.5) is 5.69 Å². The third kappa shape index (κ3) is 3.94. The van der Waals surface area contributed by atoms with E-state index in [-0.39, 0.29) is 23.6 Å². The lowest BCUT2D eigenvalue weighted by Crippen LogP contribution is -2.26. The fraction of sp³-hybridized carbons (Fsp3) is 0.278. The van der Waals surface area contributed by atoms with E-state index in [1.807, 2.05) is 24.3 Å². The van der Waals surface area contributed by atoms with Crippen LogP contribution in [-0.2, 0) is 6.42 Å². The number of rotatable bonds is 5. The van der Waals surface area contributed by atoms with Gasteiger partial charge in [0.2, 0.25) is 0 Å².